The van der Waals surface area contributed by atoms with Gasteiger partial charge in [-0.15, -0.1) is 0 Å². The van der Waals surface area contributed by atoms with Gasteiger partial charge in [0.1, 0.15) is 0 Å². The Balaban J connectivity index is 1.38. The molecule has 0 unspecified atom stereocenters. The zero-order chi connectivity index (χ0) is 17.9. The van der Waals surface area contributed by atoms with E-state index in [0.29, 0.717) is 13.0 Å². The fourth-order valence-electron chi connectivity index (χ4n) is 2.92. The molecule has 2 heterocycles. The van der Waals surface area contributed by atoms with Crippen LogP contribution in [0.5, 0.6) is 0 Å². The number of fused-ring (bicyclic) bond motifs is 1. The number of aromatic nitrogens is 4. The van der Waals surface area contributed by atoms with Crippen LogP contribution in [-0.2, 0) is 11.3 Å². The van der Waals surface area contributed by atoms with E-state index >= 15 is 0 Å². The van der Waals surface area contributed by atoms with Gasteiger partial charge in [-0.2, -0.15) is 5.10 Å². The molecule has 0 aliphatic carbocycles. The minimum Gasteiger partial charge on any atom is -0.326 e. The quantitative estimate of drug-likeness (QED) is 0.601. The summed E-state index contributed by atoms with van der Waals surface area (Å²) in [5, 5.41) is 8.40. The zero-order valence-corrected chi connectivity index (χ0v) is 14.5. The molecule has 6 nitrogen and oxygen atoms in total. The second-order valence-electron chi connectivity index (χ2n) is 6.24. The van der Waals surface area contributed by atoms with Crippen molar-refractivity contribution in [2.45, 2.75) is 19.9 Å². The largest absolute Gasteiger partial charge is 0.326 e. The van der Waals surface area contributed by atoms with E-state index in [9.17, 15) is 4.79 Å². The summed E-state index contributed by atoms with van der Waals surface area (Å²) in [4.78, 5) is 16.3. The first-order valence-corrected chi connectivity index (χ1v) is 8.49. The molecule has 0 atom stereocenters. The minimum absolute atomic E-state index is 0.0308. The highest BCUT2D eigenvalue weighted by Crippen LogP contribution is 2.16. The number of benzene rings is 2. The number of hydrogen-bond donors (Lipinski definition) is 1. The number of nitrogens with one attached hydrogen (secondary N) is 1. The van der Waals surface area contributed by atoms with Gasteiger partial charge in [-0.25, -0.2) is 4.98 Å². The molecule has 1 amide bonds. The molecular formula is C20H19N5O. The molecule has 0 aliphatic rings. The van der Waals surface area contributed by atoms with Crippen molar-refractivity contribution in [2.24, 2.45) is 0 Å². The summed E-state index contributed by atoms with van der Waals surface area (Å²) in [7, 11) is 0. The van der Waals surface area contributed by atoms with Gasteiger partial charge in [-0.05, 0) is 42.8 Å². The Kier molecular flexibility index (Phi) is 4.23. The summed E-state index contributed by atoms with van der Waals surface area (Å²) in [6, 6.07) is 13.9. The summed E-state index contributed by atoms with van der Waals surface area (Å²) in [6.45, 7) is 2.60. The van der Waals surface area contributed by atoms with Gasteiger partial charge in [-0.3, -0.25) is 9.48 Å². The van der Waals surface area contributed by atoms with Gasteiger partial charge in [0.15, 0.2) is 0 Å². The number of hydrogen-bond acceptors (Lipinski definition) is 3. The summed E-state index contributed by atoms with van der Waals surface area (Å²) in [5.41, 5.74) is 4.02. The minimum atomic E-state index is -0.0308. The molecule has 0 spiro atoms. The molecule has 6 heteroatoms. The van der Waals surface area contributed by atoms with Crippen molar-refractivity contribution in [3.05, 3.63) is 72.9 Å². The zero-order valence-electron chi connectivity index (χ0n) is 14.5. The van der Waals surface area contributed by atoms with E-state index in [1.807, 2.05) is 45.9 Å². The normalized spacial score (nSPS) is 11.0. The summed E-state index contributed by atoms with van der Waals surface area (Å²) in [6.07, 6.45) is 7.55. The van der Waals surface area contributed by atoms with Crippen molar-refractivity contribution in [1.82, 2.24) is 19.3 Å². The van der Waals surface area contributed by atoms with Crippen LogP contribution in [0.4, 0.5) is 5.69 Å². The second-order valence-corrected chi connectivity index (χ2v) is 6.24. The molecule has 0 aliphatic heterocycles. The van der Waals surface area contributed by atoms with E-state index in [-0.39, 0.29) is 5.91 Å². The first-order valence-electron chi connectivity index (χ1n) is 8.49. The molecule has 0 saturated carbocycles. The average molecular weight is 345 g/mol. The van der Waals surface area contributed by atoms with E-state index < -0.39 is 0 Å². The van der Waals surface area contributed by atoms with Crippen LogP contribution in [0.2, 0.25) is 0 Å². The number of imidazole rings is 1. The lowest BCUT2D eigenvalue weighted by Gasteiger charge is -2.08. The molecule has 130 valence electrons. The molecule has 4 rings (SSSR count). The molecule has 2 aromatic heterocycles. The van der Waals surface area contributed by atoms with Crippen LogP contribution in [0.3, 0.4) is 0 Å². The van der Waals surface area contributed by atoms with E-state index in [1.54, 1.807) is 12.5 Å². The monoisotopic (exact) mass is 345 g/mol. The lowest BCUT2D eigenvalue weighted by Crippen LogP contribution is -2.15. The number of nitrogens with zero attached hydrogens (tertiary/aromatic N) is 4. The molecule has 1 N–H and O–H groups in total. The maximum Gasteiger partial charge on any atom is 0.226 e. The predicted molar refractivity (Wildman–Crippen MR) is 101 cm³/mol. The standard InChI is InChI=1S/C20H19N5O/c1-15-2-3-16-13-22-25(19(16)12-15)10-8-20(26)23-17-4-6-18(7-5-17)24-11-9-21-14-24/h2-7,9,11-14H,8,10H2,1H3,(H,23,26). The maximum absolute atomic E-state index is 12.3. The van der Waals surface area contributed by atoms with Crippen LogP contribution >= 0.6 is 0 Å². The van der Waals surface area contributed by atoms with Crippen LogP contribution in [0.15, 0.2) is 67.4 Å². The fraction of sp³-hybridized carbons (Fsp3) is 0.150. The lowest BCUT2D eigenvalue weighted by atomic mass is 10.2. The van der Waals surface area contributed by atoms with Crippen molar-refractivity contribution in [1.29, 1.82) is 0 Å². The SMILES string of the molecule is Cc1ccc2cnn(CCC(=O)Nc3ccc(-n4ccnc4)cc3)c2c1. The van der Waals surface area contributed by atoms with Crippen LogP contribution < -0.4 is 5.32 Å². The van der Waals surface area contributed by atoms with Crippen LogP contribution in [0.25, 0.3) is 16.6 Å². The van der Waals surface area contributed by atoms with Gasteiger partial charge in [0.25, 0.3) is 0 Å². The lowest BCUT2D eigenvalue weighted by molar-refractivity contribution is -0.116. The Hall–Kier alpha value is -3.41. The molecule has 26 heavy (non-hydrogen) atoms. The third kappa shape index (κ3) is 3.35. The Morgan fingerprint density at radius 1 is 1.15 bits per heavy atom. The Morgan fingerprint density at radius 3 is 2.77 bits per heavy atom. The smallest absolute Gasteiger partial charge is 0.226 e. The van der Waals surface area contributed by atoms with E-state index in [0.717, 1.165) is 22.3 Å². The number of anilines is 1. The summed E-state index contributed by atoms with van der Waals surface area (Å²) >= 11 is 0. The Bertz CT molecular complexity index is 1030. The van der Waals surface area contributed by atoms with Crippen LogP contribution in [0, 0.1) is 6.92 Å². The van der Waals surface area contributed by atoms with Gasteiger partial charge in [0.05, 0.1) is 24.6 Å². The topological polar surface area (TPSA) is 64.7 Å². The van der Waals surface area contributed by atoms with Crippen molar-refractivity contribution in [3.8, 4) is 5.69 Å². The molecular weight excluding hydrogens is 326 g/mol. The van der Waals surface area contributed by atoms with E-state index in [4.69, 9.17) is 0 Å². The first kappa shape index (κ1) is 16.1. The van der Waals surface area contributed by atoms with E-state index in [2.05, 4.69) is 40.5 Å². The molecule has 0 fully saturated rings. The van der Waals surface area contributed by atoms with Gasteiger partial charge in [-0.1, -0.05) is 12.1 Å². The number of amides is 1. The third-order valence-corrected chi connectivity index (χ3v) is 4.30. The van der Waals surface area contributed by atoms with Crippen LogP contribution in [-0.4, -0.2) is 25.2 Å². The molecule has 2 aromatic carbocycles. The third-order valence-electron chi connectivity index (χ3n) is 4.30. The van der Waals surface area contributed by atoms with Gasteiger partial charge < -0.3 is 9.88 Å². The highest BCUT2D eigenvalue weighted by atomic mass is 16.1. The summed E-state index contributed by atoms with van der Waals surface area (Å²) < 4.78 is 3.79. The molecule has 0 saturated heterocycles. The van der Waals surface area contributed by atoms with Gasteiger partial charge in [0.2, 0.25) is 5.91 Å². The number of rotatable bonds is 5. The van der Waals surface area contributed by atoms with Crippen molar-refractivity contribution in [3.63, 3.8) is 0 Å². The van der Waals surface area contributed by atoms with Gasteiger partial charge >= 0.3 is 0 Å². The number of carbonyl (C=O) groups is 1. The Labute approximate surface area is 151 Å². The van der Waals surface area contributed by atoms with E-state index in [1.165, 1.54) is 5.56 Å². The first-order chi connectivity index (χ1) is 12.7. The predicted octanol–water partition coefficient (Wildman–Crippen LogP) is 3.56. The van der Waals surface area contributed by atoms with Crippen molar-refractivity contribution < 1.29 is 4.79 Å². The van der Waals surface area contributed by atoms with Crippen molar-refractivity contribution >= 4 is 22.5 Å². The highest BCUT2D eigenvalue weighted by molar-refractivity contribution is 5.90. The van der Waals surface area contributed by atoms with Crippen molar-refractivity contribution in [2.75, 3.05) is 5.32 Å². The molecule has 4 aromatic rings. The van der Waals surface area contributed by atoms with Crippen LogP contribution in [0.1, 0.15) is 12.0 Å². The number of aryl methyl sites for hydroxylation is 2. The highest BCUT2D eigenvalue weighted by Gasteiger charge is 2.07. The fourth-order valence-corrected chi connectivity index (χ4v) is 2.92. The number of carbonyl (C=O) groups excluding carboxylic acids is 1. The maximum atomic E-state index is 12.3. The Morgan fingerprint density at radius 2 is 2.00 bits per heavy atom. The summed E-state index contributed by atoms with van der Waals surface area (Å²) in [5.74, 6) is -0.0308. The molecule has 0 radical (unpaired) electrons. The average Bonchev–Trinajstić information content (AvgIpc) is 3.30. The molecule has 0 bridgehead atoms. The van der Waals surface area contributed by atoms with Gasteiger partial charge in [0, 0.05) is 35.6 Å². The second kappa shape index (κ2) is 6.84.